The first-order valence-corrected chi connectivity index (χ1v) is 14.9. The van der Waals surface area contributed by atoms with Crippen LogP contribution >= 0.6 is 0 Å². The number of nitrogens with one attached hydrogen (secondary N) is 3. The summed E-state index contributed by atoms with van der Waals surface area (Å²) in [5, 5.41) is 30.6. The Labute approximate surface area is 261 Å². The zero-order valence-corrected chi connectivity index (χ0v) is 25.5. The predicted octanol–water partition coefficient (Wildman–Crippen LogP) is 3.20. The molecule has 45 heavy (non-hydrogen) atoms. The SMILES string of the molecule is CC(C)(C)OC(=O)NCCCOc1ccc(C(=O)N[C@@H]2C[C@H](n3cnc4c(NCc5ccccc5)ncnc43)[C@H](O)[C@@H]2O)cc1. The highest BCUT2D eigenvalue weighted by Crippen LogP contribution is 2.34. The molecule has 1 aliphatic rings. The van der Waals surface area contributed by atoms with Crippen LogP contribution in [0.2, 0.25) is 0 Å². The van der Waals surface area contributed by atoms with Crippen LogP contribution in [0.4, 0.5) is 10.6 Å². The van der Waals surface area contributed by atoms with E-state index in [4.69, 9.17) is 9.47 Å². The average Bonchev–Trinajstić information content (AvgIpc) is 3.56. The monoisotopic (exact) mass is 617 g/mol. The van der Waals surface area contributed by atoms with E-state index in [9.17, 15) is 19.8 Å². The fraction of sp³-hybridized carbons (Fsp3) is 0.406. The first-order chi connectivity index (χ1) is 21.6. The summed E-state index contributed by atoms with van der Waals surface area (Å²) in [6.45, 7) is 6.73. The third-order valence-electron chi connectivity index (χ3n) is 7.36. The van der Waals surface area contributed by atoms with Gasteiger partial charge in [0.2, 0.25) is 0 Å². The van der Waals surface area contributed by atoms with E-state index in [2.05, 4.69) is 30.9 Å². The van der Waals surface area contributed by atoms with Gasteiger partial charge in [-0.2, -0.15) is 0 Å². The Bertz CT molecular complexity index is 1590. The minimum atomic E-state index is -1.19. The number of carbonyl (C=O) groups excluding carboxylic acids is 2. The molecule has 13 heteroatoms. The summed E-state index contributed by atoms with van der Waals surface area (Å²) in [7, 11) is 0. The number of ether oxygens (including phenoxy) is 2. The molecule has 0 bridgehead atoms. The van der Waals surface area contributed by atoms with Crippen LogP contribution in [0.25, 0.3) is 11.2 Å². The number of nitrogens with zero attached hydrogens (tertiary/aromatic N) is 4. The maximum absolute atomic E-state index is 13.0. The van der Waals surface area contributed by atoms with Crippen molar-refractivity contribution < 1.29 is 29.3 Å². The van der Waals surface area contributed by atoms with Gasteiger partial charge >= 0.3 is 6.09 Å². The van der Waals surface area contributed by atoms with Crippen LogP contribution in [0, 0.1) is 0 Å². The molecule has 0 spiro atoms. The van der Waals surface area contributed by atoms with Crippen LogP contribution in [-0.4, -0.2) is 78.7 Å². The van der Waals surface area contributed by atoms with E-state index in [0.29, 0.717) is 54.4 Å². The molecule has 0 saturated heterocycles. The summed E-state index contributed by atoms with van der Waals surface area (Å²) in [5.74, 6) is 0.752. The molecule has 2 amide bonds. The summed E-state index contributed by atoms with van der Waals surface area (Å²) >= 11 is 0. The predicted molar refractivity (Wildman–Crippen MR) is 167 cm³/mol. The van der Waals surface area contributed by atoms with Gasteiger partial charge in [0.25, 0.3) is 5.91 Å². The second kappa shape index (κ2) is 13.9. The number of aliphatic hydroxyl groups is 2. The number of fused-ring (bicyclic) bond motifs is 1. The van der Waals surface area contributed by atoms with Crippen molar-refractivity contribution in [2.45, 2.75) is 70.1 Å². The number of anilines is 1. The number of aliphatic hydroxyl groups excluding tert-OH is 2. The van der Waals surface area contributed by atoms with Crippen molar-refractivity contribution in [1.82, 2.24) is 30.2 Å². The summed E-state index contributed by atoms with van der Waals surface area (Å²) in [6.07, 6.45) is 1.04. The molecule has 0 radical (unpaired) electrons. The number of hydrogen-bond acceptors (Lipinski definition) is 10. The Morgan fingerprint density at radius 1 is 1.00 bits per heavy atom. The van der Waals surface area contributed by atoms with E-state index in [1.807, 2.05) is 30.3 Å². The molecule has 0 unspecified atom stereocenters. The van der Waals surface area contributed by atoms with Crippen molar-refractivity contribution in [3.8, 4) is 5.75 Å². The lowest BCUT2D eigenvalue weighted by Gasteiger charge is -2.19. The topological polar surface area (TPSA) is 173 Å². The summed E-state index contributed by atoms with van der Waals surface area (Å²) in [6, 6.07) is 15.3. The van der Waals surface area contributed by atoms with E-state index < -0.39 is 36.0 Å². The lowest BCUT2D eigenvalue weighted by molar-refractivity contribution is 0.0143. The number of hydrogen-bond donors (Lipinski definition) is 5. The van der Waals surface area contributed by atoms with Gasteiger partial charge < -0.3 is 40.2 Å². The van der Waals surface area contributed by atoms with E-state index in [-0.39, 0.29) is 12.3 Å². The number of aromatic nitrogens is 4. The van der Waals surface area contributed by atoms with Crippen molar-refractivity contribution in [2.75, 3.05) is 18.5 Å². The van der Waals surface area contributed by atoms with Gasteiger partial charge in [-0.15, -0.1) is 0 Å². The molecule has 13 nitrogen and oxygen atoms in total. The molecule has 2 aromatic heterocycles. The molecule has 5 N–H and O–H groups in total. The van der Waals surface area contributed by atoms with Crippen LogP contribution in [0.15, 0.2) is 67.3 Å². The van der Waals surface area contributed by atoms with Crippen molar-refractivity contribution in [1.29, 1.82) is 0 Å². The fourth-order valence-corrected chi connectivity index (χ4v) is 5.15. The normalized spacial score (nSPS) is 19.7. The summed E-state index contributed by atoms with van der Waals surface area (Å²) in [4.78, 5) is 37.9. The van der Waals surface area contributed by atoms with E-state index in [0.717, 1.165) is 5.56 Å². The van der Waals surface area contributed by atoms with Gasteiger partial charge in [-0.05, 0) is 63.4 Å². The van der Waals surface area contributed by atoms with E-state index >= 15 is 0 Å². The zero-order chi connectivity index (χ0) is 32.0. The Morgan fingerprint density at radius 2 is 1.76 bits per heavy atom. The maximum atomic E-state index is 13.0. The maximum Gasteiger partial charge on any atom is 0.407 e. The molecule has 2 aromatic carbocycles. The smallest absolute Gasteiger partial charge is 0.407 e. The van der Waals surface area contributed by atoms with Gasteiger partial charge in [0.05, 0.1) is 25.0 Å². The lowest BCUT2D eigenvalue weighted by atomic mass is 10.1. The van der Waals surface area contributed by atoms with Crippen molar-refractivity contribution in [2.24, 2.45) is 0 Å². The van der Waals surface area contributed by atoms with Gasteiger partial charge in [0.15, 0.2) is 11.5 Å². The third-order valence-corrected chi connectivity index (χ3v) is 7.36. The van der Waals surface area contributed by atoms with Gasteiger partial charge in [0.1, 0.15) is 35.4 Å². The number of amides is 2. The minimum Gasteiger partial charge on any atom is -0.494 e. The Hall–Kier alpha value is -4.75. The molecule has 4 atom stereocenters. The van der Waals surface area contributed by atoms with Gasteiger partial charge in [-0.3, -0.25) is 4.79 Å². The van der Waals surface area contributed by atoms with Gasteiger partial charge in [-0.25, -0.2) is 19.7 Å². The van der Waals surface area contributed by atoms with Crippen LogP contribution in [0.3, 0.4) is 0 Å². The quantitative estimate of drug-likeness (QED) is 0.157. The van der Waals surface area contributed by atoms with Crippen molar-refractivity contribution in [3.63, 3.8) is 0 Å². The molecule has 1 saturated carbocycles. The molecule has 0 aliphatic heterocycles. The zero-order valence-electron chi connectivity index (χ0n) is 25.5. The molecule has 4 aromatic rings. The standard InChI is InChI=1S/C32H39N7O6/c1-32(2,3)45-31(43)33-14-7-15-44-22-12-10-21(11-13-22)30(42)38-23-16-24(27(41)26(23)40)39-19-37-25-28(35-18-36-29(25)39)34-17-20-8-5-4-6-9-20/h4-6,8-13,18-19,23-24,26-27,40-41H,7,14-17H2,1-3H3,(H,33,43)(H,38,42)(H,34,35,36)/t23-,24+,26-,27+/m1/s1. The molecule has 1 fully saturated rings. The number of rotatable bonds is 11. The van der Waals surface area contributed by atoms with E-state index in [1.54, 1.807) is 55.9 Å². The molecule has 238 valence electrons. The third kappa shape index (κ3) is 8.05. The number of carbonyl (C=O) groups is 2. The largest absolute Gasteiger partial charge is 0.494 e. The lowest BCUT2D eigenvalue weighted by Crippen LogP contribution is -2.43. The fourth-order valence-electron chi connectivity index (χ4n) is 5.15. The summed E-state index contributed by atoms with van der Waals surface area (Å²) < 4.78 is 12.6. The van der Waals surface area contributed by atoms with Crippen molar-refractivity contribution >= 4 is 29.0 Å². The highest BCUT2D eigenvalue weighted by atomic mass is 16.6. The molecule has 1 aliphatic carbocycles. The van der Waals surface area contributed by atoms with Crippen LogP contribution < -0.4 is 20.7 Å². The van der Waals surface area contributed by atoms with Crippen molar-refractivity contribution in [3.05, 3.63) is 78.4 Å². The second-order valence-corrected chi connectivity index (χ2v) is 11.9. The summed E-state index contributed by atoms with van der Waals surface area (Å²) in [5.41, 5.74) is 1.98. The molecular formula is C32H39N7O6. The first kappa shape index (κ1) is 31.7. The Balaban J connectivity index is 1.14. The highest BCUT2D eigenvalue weighted by Gasteiger charge is 2.44. The van der Waals surface area contributed by atoms with Crippen LogP contribution in [-0.2, 0) is 11.3 Å². The first-order valence-electron chi connectivity index (χ1n) is 14.9. The Kier molecular flexibility index (Phi) is 9.79. The number of alkyl carbamates (subject to hydrolysis) is 1. The van der Waals surface area contributed by atoms with Crippen LogP contribution in [0.1, 0.15) is 55.6 Å². The average molecular weight is 618 g/mol. The number of benzene rings is 2. The molecule has 2 heterocycles. The van der Waals surface area contributed by atoms with Gasteiger partial charge in [0, 0.05) is 18.7 Å². The van der Waals surface area contributed by atoms with Crippen LogP contribution in [0.5, 0.6) is 5.75 Å². The van der Waals surface area contributed by atoms with Gasteiger partial charge in [-0.1, -0.05) is 30.3 Å². The highest BCUT2D eigenvalue weighted by molar-refractivity contribution is 5.94. The molecule has 5 rings (SSSR count). The Morgan fingerprint density at radius 3 is 2.49 bits per heavy atom. The minimum absolute atomic E-state index is 0.273. The molecular weight excluding hydrogens is 578 g/mol. The second-order valence-electron chi connectivity index (χ2n) is 11.9. The van der Waals surface area contributed by atoms with E-state index in [1.165, 1.54) is 6.33 Å². The number of imidazole rings is 1.